The van der Waals surface area contributed by atoms with E-state index in [4.69, 9.17) is 5.26 Å². The van der Waals surface area contributed by atoms with Gasteiger partial charge >= 0.3 is 0 Å². The number of aromatic nitrogens is 2. The van der Waals surface area contributed by atoms with Gasteiger partial charge in [-0.3, -0.25) is 4.98 Å². The second-order valence-corrected chi connectivity index (χ2v) is 7.99. The highest BCUT2D eigenvalue weighted by molar-refractivity contribution is 7.90. The third-order valence-corrected chi connectivity index (χ3v) is 6.25. The zero-order valence-corrected chi connectivity index (χ0v) is 15.1. The number of anilines is 1. The van der Waals surface area contributed by atoms with Gasteiger partial charge in [0.05, 0.1) is 21.7 Å². The molecule has 4 rings (SSSR count). The molecule has 1 saturated heterocycles. The van der Waals surface area contributed by atoms with Crippen molar-refractivity contribution in [1.29, 1.82) is 5.26 Å². The highest BCUT2D eigenvalue weighted by atomic mass is 32.2. The van der Waals surface area contributed by atoms with Gasteiger partial charge in [0.2, 0.25) is 0 Å². The zero-order chi connectivity index (χ0) is 19.0. The summed E-state index contributed by atoms with van der Waals surface area (Å²) in [6, 6.07) is 8.24. The molecule has 0 bridgehead atoms. The van der Waals surface area contributed by atoms with E-state index in [0.717, 1.165) is 54.0 Å². The summed E-state index contributed by atoms with van der Waals surface area (Å²) in [7, 11) is -4.02. The molecule has 0 unspecified atom stereocenters. The first-order valence-corrected chi connectivity index (χ1v) is 9.83. The number of hydrogen-bond donors (Lipinski definition) is 1. The Hall–Kier alpha value is -2.96. The van der Waals surface area contributed by atoms with Crippen LogP contribution in [0.1, 0.15) is 5.56 Å². The van der Waals surface area contributed by atoms with Crippen LogP contribution in [0, 0.1) is 17.1 Å². The number of halogens is 1. The summed E-state index contributed by atoms with van der Waals surface area (Å²) < 4.78 is 41.2. The van der Waals surface area contributed by atoms with Crippen molar-refractivity contribution >= 4 is 26.7 Å². The molecule has 1 aliphatic rings. The second kappa shape index (κ2) is 6.64. The van der Waals surface area contributed by atoms with Gasteiger partial charge in [-0.2, -0.15) is 5.26 Å². The Morgan fingerprint density at radius 2 is 2.00 bits per heavy atom. The Labute approximate surface area is 155 Å². The summed E-state index contributed by atoms with van der Waals surface area (Å²) in [5.41, 5.74) is 1.45. The van der Waals surface area contributed by atoms with Gasteiger partial charge in [-0.15, -0.1) is 0 Å². The molecule has 27 heavy (non-hydrogen) atoms. The number of pyridine rings is 1. The lowest BCUT2D eigenvalue weighted by Gasteiger charge is -2.28. The molecule has 3 aromatic rings. The van der Waals surface area contributed by atoms with Crippen LogP contribution in [-0.2, 0) is 10.0 Å². The molecule has 7 nitrogen and oxygen atoms in total. The molecule has 1 aliphatic heterocycles. The number of rotatable bonds is 3. The molecule has 138 valence electrons. The van der Waals surface area contributed by atoms with E-state index in [9.17, 15) is 12.8 Å². The van der Waals surface area contributed by atoms with E-state index >= 15 is 0 Å². The molecule has 1 aromatic carbocycles. The third-order valence-electron chi connectivity index (χ3n) is 4.58. The zero-order valence-electron chi connectivity index (χ0n) is 14.3. The quantitative estimate of drug-likeness (QED) is 0.738. The molecule has 0 radical (unpaired) electrons. The first-order valence-electron chi connectivity index (χ1n) is 8.39. The van der Waals surface area contributed by atoms with Gasteiger partial charge in [-0.25, -0.2) is 16.8 Å². The molecule has 0 aliphatic carbocycles. The van der Waals surface area contributed by atoms with Crippen LogP contribution in [0.5, 0.6) is 0 Å². The molecule has 0 saturated carbocycles. The Bertz CT molecular complexity index is 1160. The summed E-state index contributed by atoms with van der Waals surface area (Å²) in [6.07, 6.45) is 3.17. The van der Waals surface area contributed by atoms with Crippen LogP contribution < -0.4 is 10.2 Å². The summed E-state index contributed by atoms with van der Waals surface area (Å²) in [6.45, 7) is 3.08. The van der Waals surface area contributed by atoms with Crippen LogP contribution in [0.15, 0.2) is 47.6 Å². The minimum absolute atomic E-state index is 0.145. The third kappa shape index (κ3) is 2.93. The van der Waals surface area contributed by atoms with E-state index in [1.54, 1.807) is 30.6 Å². The first-order chi connectivity index (χ1) is 13.0. The lowest BCUT2D eigenvalue weighted by atomic mass is 10.2. The Morgan fingerprint density at radius 3 is 2.74 bits per heavy atom. The molecule has 2 aromatic heterocycles. The number of nitrogens with one attached hydrogen (secondary N) is 1. The number of fused-ring (bicyclic) bond motifs is 1. The lowest BCUT2D eigenvalue weighted by molar-refractivity contribution is 0.585. The van der Waals surface area contributed by atoms with Crippen LogP contribution in [0.4, 0.5) is 10.1 Å². The second-order valence-electron chi connectivity index (χ2n) is 6.18. The highest BCUT2D eigenvalue weighted by Crippen LogP contribution is 2.31. The largest absolute Gasteiger partial charge is 0.366 e. The summed E-state index contributed by atoms with van der Waals surface area (Å²) in [4.78, 5) is 6.31. The van der Waals surface area contributed by atoms with Crippen molar-refractivity contribution in [3.8, 4) is 6.07 Å². The molecule has 0 amide bonds. The molecule has 0 spiro atoms. The molecular formula is C18H16FN5O2S. The number of nitrogens with zero attached hydrogens (tertiary/aromatic N) is 4. The van der Waals surface area contributed by atoms with E-state index in [1.165, 1.54) is 0 Å². The van der Waals surface area contributed by atoms with Crippen LogP contribution in [0.25, 0.3) is 11.0 Å². The molecule has 1 fully saturated rings. The van der Waals surface area contributed by atoms with Crippen molar-refractivity contribution in [2.75, 3.05) is 31.1 Å². The summed E-state index contributed by atoms with van der Waals surface area (Å²) >= 11 is 0. The molecule has 0 atom stereocenters. The predicted octanol–water partition coefficient (Wildman–Crippen LogP) is 1.69. The van der Waals surface area contributed by atoms with Gasteiger partial charge in [0.1, 0.15) is 17.4 Å². The van der Waals surface area contributed by atoms with Gasteiger partial charge in [0, 0.05) is 38.6 Å². The molecular weight excluding hydrogens is 369 g/mol. The minimum Gasteiger partial charge on any atom is -0.366 e. The van der Waals surface area contributed by atoms with E-state index in [-0.39, 0.29) is 10.5 Å². The number of benzene rings is 1. The average Bonchev–Trinajstić information content (AvgIpc) is 3.09. The fraction of sp³-hybridized carbons (Fsp3) is 0.222. The van der Waals surface area contributed by atoms with Gasteiger partial charge in [-0.05, 0) is 30.3 Å². The molecule has 1 N–H and O–H groups in total. The van der Waals surface area contributed by atoms with Crippen LogP contribution in [-0.4, -0.2) is 43.6 Å². The maximum atomic E-state index is 13.6. The van der Waals surface area contributed by atoms with Crippen LogP contribution in [0.3, 0.4) is 0 Å². The molecule has 3 heterocycles. The van der Waals surface area contributed by atoms with Crippen molar-refractivity contribution in [1.82, 2.24) is 14.3 Å². The monoisotopic (exact) mass is 385 g/mol. The van der Waals surface area contributed by atoms with Crippen molar-refractivity contribution in [3.63, 3.8) is 0 Å². The van der Waals surface area contributed by atoms with Crippen molar-refractivity contribution < 1.29 is 12.8 Å². The topological polar surface area (TPSA) is 91.0 Å². The number of nitriles is 1. The van der Waals surface area contributed by atoms with Gasteiger partial charge in [0.25, 0.3) is 10.0 Å². The molecule has 9 heteroatoms. The van der Waals surface area contributed by atoms with E-state index in [1.807, 2.05) is 0 Å². The fourth-order valence-corrected chi connectivity index (χ4v) is 4.59. The number of piperazine rings is 1. The smallest absolute Gasteiger partial charge is 0.268 e. The van der Waals surface area contributed by atoms with Gasteiger partial charge in [-0.1, -0.05) is 0 Å². The Balaban J connectivity index is 1.90. The van der Waals surface area contributed by atoms with Gasteiger partial charge < -0.3 is 10.2 Å². The van der Waals surface area contributed by atoms with Crippen LogP contribution in [0.2, 0.25) is 0 Å². The van der Waals surface area contributed by atoms with E-state index in [0.29, 0.717) is 11.0 Å². The Kier molecular flexibility index (Phi) is 4.30. The summed E-state index contributed by atoms with van der Waals surface area (Å²) in [5.74, 6) is -0.753. The van der Waals surface area contributed by atoms with Gasteiger partial charge in [0.15, 0.2) is 0 Å². The Morgan fingerprint density at radius 1 is 1.22 bits per heavy atom. The van der Waals surface area contributed by atoms with Crippen molar-refractivity contribution in [2.24, 2.45) is 0 Å². The number of hydrogen-bond acceptors (Lipinski definition) is 6. The standard InChI is InChI=1S/C18H16FN5O2S/c19-15-4-3-14(10-13(15)11-20)27(25,26)24-12-17(23-8-6-21-7-9-23)18-16(24)2-1-5-22-18/h1-5,10,12,21H,6-9H2. The average molecular weight is 385 g/mol. The van der Waals surface area contributed by atoms with Crippen molar-refractivity contribution in [3.05, 3.63) is 54.1 Å². The lowest BCUT2D eigenvalue weighted by Crippen LogP contribution is -2.43. The highest BCUT2D eigenvalue weighted by Gasteiger charge is 2.25. The fourth-order valence-electron chi connectivity index (χ4n) is 3.21. The van der Waals surface area contributed by atoms with Crippen molar-refractivity contribution in [2.45, 2.75) is 4.90 Å². The maximum absolute atomic E-state index is 13.6. The van der Waals surface area contributed by atoms with E-state index < -0.39 is 15.8 Å². The first kappa shape index (κ1) is 17.5. The SMILES string of the molecule is N#Cc1cc(S(=O)(=O)n2cc(N3CCNCC3)c3ncccc32)ccc1F. The summed E-state index contributed by atoms with van der Waals surface area (Å²) in [5, 5.41) is 12.3. The minimum atomic E-state index is -4.02. The van der Waals surface area contributed by atoms with E-state index in [2.05, 4.69) is 15.2 Å². The predicted molar refractivity (Wildman–Crippen MR) is 98.5 cm³/mol. The van der Waals surface area contributed by atoms with Crippen LogP contribution >= 0.6 is 0 Å². The normalized spacial score (nSPS) is 15.0. The maximum Gasteiger partial charge on any atom is 0.268 e.